The Morgan fingerprint density at radius 3 is 2.32 bits per heavy atom. The standard InChI is InChI=1S/C16H15NO2/c1-2-12-17-16(18)13-8-10-15(11-9-13)19-14-6-4-3-5-7-14/h2-11H,1,12H2,(H,17,18). The summed E-state index contributed by atoms with van der Waals surface area (Å²) in [6.07, 6.45) is 1.64. The summed E-state index contributed by atoms with van der Waals surface area (Å²) in [6.45, 7) is 4.01. The molecule has 0 heterocycles. The second-order valence-electron chi connectivity index (χ2n) is 3.94. The van der Waals surface area contributed by atoms with Gasteiger partial charge in [-0.15, -0.1) is 6.58 Å². The molecular weight excluding hydrogens is 238 g/mol. The van der Waals surface area contributed by atoms with Crippen molar-refractivity contribution >= 4 is 5.91 Å². The number of carbonyl (C=O) groups excluding carboxylic acids is 1. The van der Waals surface area contributed by atoms with Crippen molar-refractivity contribution in [3.05, 3.63) is 72.8 Å². The van der Waals surface area contributed by atoms with Gasteiger partial charge >= 0.3 is 0 Å². The van der Waals surface area contributed by atoms with E-state index >= 15 is 0 Å². The number of para-hydroxylation sites is 1. The molecule has 0 aromatic heterocycles. The van der Waals surface area contributed by atoms with Crippen LogP contribution in [0.5, 0.6) is 11.5 Å². The summed E-state index contributed by atoms with van der Waals surface area (Å²) in [7, 11) is 0. The van der Waals surface area contributed by atoms with E-state index in [0.29, 0.717) is 17.9 Å². The first-order valence-corrected chi connectivity index (χ1v) is 6.01. The molecule has 1 amide bonds. The van der Waals surface area contributed by atoms with Gasteiger partial charge in [-0.1, -0.05) is 24.3 Å². The molecule has 3 heteroatoms. The van der Waals surface area contributed by atoms with Crippen molar-refractivity contribution in [1.29, 1.82) is 0 Å². The fourth-order valence-corrected chi connectivity index (χ4v) is 1.57. The topological polar surface area (TPSA) is 38.3 Å². The first kappa shape index (κ1) is 12.9. The molecule has 0 aliphatic rings. The van der Waals surface area contributed by atoms with E-state index in [2.05, 4.69) is 11.9 Å². The molecule has 96 valence electrons. The Kier molecular flexibility index (Phi) is 4.34. The van der Waals surface area contributed by atoms with Crippen LogP contribution in [0.15, 0.2) is 67.3 Å². The molecule has 0 spiro atoms. The van der Waals surface area contributed by atoms with Crippen molar-refractivity contribution in [3.63, 3.8) is 0 Å². The Morgan fingerprint density at radius 1 is 1.05 bits per heavy atom. The molecule has 0 saturated carbocycles. The van der Waals surface area contributed by atoms with Crippen molar-refractivity contribution < 1.29 is 9.53 Å². The minimum Gasteiger partial charge on any atom is -0.457 e. The number of rotatable bonds is 5. The third-order valence-corrected chi connectivity index (χ3v) is 2.50. The van der Waals surface area contributed by atoms with Crippen molar-refractivity contribution in [3.8, 4) is 11.5 Å². The summed E-state index contributed by atoms with van der Waals surface area (Å²) in [5, 5.41) is 2.72. The van der Waals surface area contributed by atoms with Gasteiger partial charge in [0.25, 0.3) is 5.91 Å². The maximum Gasteiger partial charge on any atom is 0.251 e. The van der Waals surface area contributed by atoms with Crippen LogP contribution in [0, 0.1) is 0 Å². The van der Waals surface area contributed by atoms with E-state index in [0.717, 1.165) is 5.75 Å². The zero-order chi connectivity index (χ0) is 13.5. The van der Waals surface area contributed by atoms with Gasteiger partial charge in [-0.25, -0.2) is 0 Å². The van der Waals surface area contributed by atoms with E-state index in [4.69, 9.17) is 4.74 Å². The maximum atomic E-state index is 11.7. The van der Waals surface area contributed by atoms with Crippen molar-refractivity contribution in [2.45, 2.75) is 0 Å². The summed E-state index contributed by atoms with van der Waals surface area (Å²) < 4.78 is 5.65. The number of nitrogens with one attached hydrogen (secondary N) is 1. The quantitative estimate of drug-likeness (QED) is 0.829. The molecule has 0 atom stereocenters. The smallest absolute Gasteiger partial charge is 0.251 e. The predicted molar refractivity (Wildman–Crippen MR) is 75.5 cm³/mol. The number of amides is 1. The van der Waals surface area contributed by atoms with Crippen molar-refractivity contribution in [2.75, 3.05) is 6.54 Å². The first-order chi connectivity index (χ1) is 9.29. The second kappa shape index (κ2) is 6.40. The van der Waals surface area contributed by atoms with Crippen LogP contribution in [0.25, 0.3) is 0 Å². The summed E-state index contributed by atoms with van der Waals surface area (Å²) in [6, 6.07) is 16.5. The molecule has 2 aromatic rings. The fourth-order valence-electron chi connectivity index (χ4n) is 1.57. The Bertz CT molecular complexity index is 547. The maximum absolute atomic E-state index is 11.7. The Morgan fingerprint density at radius 2 is 1.68 bits per heavy atom. The van der Waals surface area contributed by atoms with Crippen molar-refractivity contribution in [1.82, 2.24) is 5.32 Å². The molecule has 2 aromatic carbocycles. The van der Waals surface area contributed by atoms with Gasteiger partial charge in [-0.05, 0) is 36.4 Å². The van der Waals surface area contributed by atoms with Crippen LogP contribution in [0.2, 0.25) is 0 Å². The van der Waals surface area contributed by atoms with Gasteiger partial charge in [0.1, 0.15) is 11.5 Å². The van der Waals surface area contributed by atoms with Gasteiger partial charge in [0.05, 0.1) is 0 Å². The molecule has 0 unspecified atom stereocenters. The number of hydrogen-bond donors (Lipinski definition) is 1. The van der Waals surface area contributed by atoms with Gasteiger partial charge in [0.15, 0.2) is 0 Å². The van der Waals surface area contributed by atoms with Gasteiger partial charge in [0.2, 0.25) is 0 Å². The minimum atomic E-state index is -0.119. The molecule has 0 aliphatic heterocycles. The molecule has 0 fully saturated rings. The van der Waals surface area contributed by atoms with E-state index in [9.17, 15) is 4.79 Å². The second-order valence-corrected chi connectivity index (χ2v) is 3.94. The lowest BCUT2D eigenvalue weighted by molar-refractivity contribution is 0.0958. The number of carbonyl (C=O) groups is 1. The zero-order valence-electron chi connectivity index (χ0n) is 10.5. The Balaban J connectivity index is 2.02. The average molecular weight is 253 g/mol. The number of ether oxygens (including phenoxy) is 1. The molecule has 2 rings (SSSR count). The van der Waals surface area contributed by atoms with Gasteiger partial charge in [-0.3, -0.25) is 4.79 Å². The average Bonchev–Trinajstić information content (AvgIpc) is 2.46. The van der Waals surface area contributed by atoms with Gasteiger partial charge < -0.3 is 10.1 Å². The van der Waals surface area contributed by atoms with Gasteiger partial charge in [0, 0.05) is 12.1 Å². The lowest BCUT2D eigenvalue weighted by Gasteiger charge is -2.06. The van der Waals surface area contributed by atoms with Gasteiger partial charge in [-0.2, -0.15) is 0 Å². The summed E-state index contributed by atoms with van der Waals surface area (Å²) in [5.74, 6) is 1.35. The summed E-state index contributed by atoms with van der Waals surface area (Å²) in [4.78, 5) is 11.7. The predicted octanol–water partition coefficient (Wildman–Crippen LogP) is 3.39. The van der Waals surface area contributed by atoms with Crippen molar-refractivity contribution in [2.24, 2.45) is 0 Å². The van der Waals surface area contributed by atoms with Crippen LogP contribution in [-0.2, 0) is 0 Å². The van der Waals surface area contributed by atoms with Crippen LogP contribution in [-0.4, -0.2) is 12.5 Å². The van der Waals surface area contributed by atoms with Crippen LogP contribution < -0.4 is 10.1 Å². The zero-order valence-corrected chi connectivity index (χ0v) is 10.5. The normalized spacial score (nSPS) is 9.68. The molecule has 3 nitrogen and oxygen atoms in total. The summed E-state index contributed by atoms with van der Waals surface area (Å²) in [5.41, 5.74) is 0.599. The third kappa shape index (κ3) is 3.71. The SMILES string of the molecule is C=CCNC(=O)c1ccc(Oc2ccccc2)cc1. The van der Waals surface area contributed by atoms with Crippen LogP contribution >= 0.6 is 0 Å². The van der Waals surface area contributed by atoms with E-state index in [1.807, 2.05) is 30.3 Å². The molecule has 1 N–H and O–H groups in total. The molecular formula is C16H15NO2. The lowest BCUT2D eigenvalue weighted by atomic mass is 10.2. The summed E-state index contributed by atoms with van der Waals surface area (Å²) >= 11 is 0. The molecule has 0 saturated heterocycles. The highest BCUT2D eigenvalue weighted by molar-refractivity contribution is 5.94. The first-order valence-electron chi connectivity index (χ1n) is 6.01. The van der Waals surface area contributed by atoms with E-state index < -0.39 is 0 Å². The Hall–Kier alpha value is -2.55. The molecule has 0 aliphatic carbocycles. The molecule has 0 radical (unpaired) electrons. The highest BCUT2D eigenvalue weighted by Gasteiger charge is 2.04. The van der Waals surface area contributed by atoms with Crippen LogP contribution in [0.3, 0.4) is 0 Å². The number of benzene rings is 2. The highest BCUT2D eigenvalue weighted by atomic mass is 16.5. The largest absolute Gasteiger partial charge is 0.457 e. The van der Waals surface area contributed by atoms with E-state index in [-0.39, 0.29) is 5.91 Å². The lowest BCUT2D eigenvalue weighted by Crippen LogP contribution is -2.22. The fraction of sp³-hybridized carbons (Fsp3) is 0.0625. The molecule has 0 bridgehead atoms. The molecule has 19 heavy (non-hydrogen) atoms. The van der Waals surface area contributed by atoms with Crippen LogP contribution in [0.1, 0.15) is 10.4 Å². The number of hydrogen-bond acceptors (Lipinski definition) is 2. The highest BCUT2D eigenvalue weighted by Crippen LogP contribution is 2.20. The van der Waals surface area contributed by atoms with E-state index in [1.165, 1.54) is 0 Å². The van der Waals surface area contributed by atoms with E-state index in [1.54, 1.807) is 30.3 Å². The Labute approximate surface area is 112 Å². The third-order valence-electron chi connectivity index (χ3n) is 2.50. The minimum absolute atomic E-state index is 0.119. The monoisotopic (exact) mass is 253 g/mol. The van der Waals surface area contributed by atoms with Crippen LogP contribution in [0.4, 0.5) is 0 Å².